The zero-order valence-corrected chi connectivity index (χ0v) is 9.76. The van der Waals surface area contributed by atoms with Gasteiger partial charge in [-0.15, -0.1) is 0 Å². The minimum atomic E-state index is 0.764. The summed E-state index contributed by atoms with van der Waals surface area (Å²) in [6, 6.07) is 0. The summed E-state index contributed by atoms with van der Waals surface area (Å²) >= 11 is 3.50. The Morgan fingerprint density at radius 2 is 2.08 bits per heavy atom. The molecule has 0 spiro atoms. The van der Waals surface area contributed by atoms with Crippen molar-refractivity contribution in [2.24, 2.45) is 5.73 Å². The number of halogens is 1. The third-order valence-electron chi connectivity index (χ3n) is 2.12. The molecule has 0 bridgehead atoms. The van der Waals surface area contributed by atoms with Crippen LogP contribution in [-0.2, 0) is 6.54 Å². The van der Waals surface area contributed by atoms with Crippen LogP contribution in [-0.4, -0.2) is 16.3 Å². The molecule has 1 aromatic heterocycles. The summed E-state index contributed by atoms with van der Waals surface area (Å²) in [5.74, 6) is 0. The number of unbranched alkanes of at least 4 members (excludes halogenated alkanes) is 1. The number of rotatable bonds is 4. The van der Waals surface area contributed by atoms with Gasteiger partial charge in [0.15, 0.2) is 0 Å². The minimum absolute atomic E-state index is 0.764. The fourth-order valence-electron chi connectivity index (χ4n) is 1.30. The predicted octanol–water partition coefficient (Wildman–Crippen LogP) is 2.00. The van der Waals surface area contributed by atoms with Gasteiger partial charge in [0.1, 0.15) is 0 Å². The average Bonchev–Trinajstić information content (AvgIpc) is 2.34. The highest BCUT2D eigenvalue weighted by Gasteiger charge is 2.07. The van der Waals surface area contributed by atoms with Gasteiger partial charge in [0.25, 0.3) is 0 Å². The quantitative estimate of drug-likeness (QED) is 0.826. The summed E-state index contributed by atoms with van der Waals surface area (Å²) < 4.78 is 3.16. The Labute approximate surface area is 87.4 Å². The number of nitrogens with zero attached hydrogens (tertiary/aromatic N) is 2. The van der Waals surface area contributed by atoms with Crippen molar-refractivity contribution in [2.75, 3.05) is 6.54 Å². The summed E-state index contributed by atoms with van der Waals surface area (Å²) in [7, 11) is 0. The minimum Gasteiger partial charge on any atom is -0.330 e. The van der Waals surface area contributed by atoms with E-state index in [1.165, 1.54) is 5.69 Å². The lowest BCUT2D eigenvalue weighted by atomic mass is 10.3. The number of hydrogen-bond acceptors (Lipinski definition) is 2. The van der Waals surface area contributed by atoms with Crippen LogP contribution < -0.4 is 5.73 Å². The van der Waals surface area contributed by atoms with E-state index in [0.29, 0.717) is 0 Å². The predicted molar refractivity (Wildman–Crippen MR) is 57.7 cm³/mol. The van der Waals surface area contributed by atoms with Crippen molar-refractivity contribution in [1.29, 1.82) is 0 Å². The maximum atomic E-state index is 5.43. The van der Waals surface area contributed by atoms with E-state index in [1.54, 1.807) is 0 Å². The first kappa shape index (κ1) is 10.7. The lowest BCUT2D eigenvalue weighted by Crippen LogP contribution is -2.05. The van der Waals surface area contributed by atoms with Crippen LogP contribution in [0.25, 0.3) is 0 Å². The van der Waals surface area contributed by atoms with Crippen molar-refractivity contribution in [1.82, 2.24) is 9.78 Å². The van der Waals surface area contributed by atoms with Crippen molar-refractivity contribution in [2.45, 2.75) is 33.2 Å². The maximum absolute atomic E-state index is 5.43. The smallest absolute Gasteiger partial charge is 0.0738 e. The molecule has 0 unspecified atom stereocenters. The molecule has 0 aliphatic rings. The molecule has 3 nitrogen and oxygen atoms in total. The highest BCUT2D eigenvalue weighted by Crippen LogP contribution is 2.19. The monoisotopic (exact) mass is 245 g/mol. The fraction of sp³-hybridized carbons (Fsp3) is 0.667. The Balaban J connectivity index is 2.61. The maximum Gasteiger partial charge on any atom is 0.0738 e. The van der Waals surface area contributed by atoms with Crippen LogP contribution in [0.2, 0.25) is 0 Å². The second-order valence-electron chi connectivity index (χ2n) is 3.20. The van der Waals surface area contributed by atoms with Crippen LogP contribution in [0.4, 0.5) is 0 Å². The van der Waals surface area contributed by atoms with Gasteiger partial charge in [0.2, 0.25) is 0 Å². The van der Waals surface area contributed by atoms with E-state index < -0.39 is 0 Å². The van der Waals surface area contributed by atoms with Gasteiger partial charge in [-0.1, -0.05) is 0 Å². The normalized spacial score (nSPS) is 10.8. The molecule has 0 aromatic carbocycles. The van der Waals surface area contributed by atoms with Gasteiger partial charge in [0, 0.05) is 12.2 Å². The number of nitrogens with two attached hydrogens (primary N) is 1. The van der Waals surface area contributed by atoms with Gasteiger partial charge in [-0.2, -0.15) is 5.10 Å². The van der Waals surface area contributed by atoms with Crippen molar-refractivity contribution >= 4 is 15.9 Å². The summed E-state index contributed by atoms with van der Waals surface area (Å²) in [5.41, 5.74) is 7.69. The summed E-state index contributed by atoms with van der Waals surface area (Å²) in [5, 5.41) is 4.41. The first-order valence-corrected chi connectivity index (χ1v) is 5.35. The molecule has 0 saturated heterocycles. The first-order chi connectivity index (χ1) is 6.16. The highest BCUT2D eigenvalue weighted by atomic mass is 79.9. The van der Waals surface area contributed by atoms with E-state index >= 15 is 0 Å². The van der Waals surface area contributed by atoms with E-state index in [1.807, 2.05) is 11.6 Å². The zero-order chi connectivity index (χ0) is 9.84. The van der Waals surface area contributed by atoms with Crippen LogP contribution in [0.1, 0.15) is 24.2 Å². The van der Waals surface area contributed by atoms with E-state index in [4.69, 9.17) is 5.73 Å². The molecule has 1 rings (SSSR count). The fourth-order valence-corrected chi connectivity index (χ4v) is 1.58. The number of aromatic nitrogens is 2. The highest BCUT2D eigenvalue weighted by molar-refractivity contribution is 9.10. The first-order valence-electron chi connectivity index (χ1n) is 4.56. The van der Waals surface area contributed by atoms with Crippen LogP contribution in [0.15, 0.2) is 4.47 Å². The topological polar surface area (TPSA) is 43.8 Å². The molecule has 13 heavy (non-hydrogen) atoms. The molecule has 4 heteroatoms. The molecule has 0 fully saturated rings. The second kappa shape index (κ2) is 4.77. The average molecular weight is 246 g/mol. The van der Waals surface area contributed by atoms with Crippen LogP contribution in [0, 0.1) is 13.8 Å². The van der Waals surface area contributed by atoms with E-state index in [0.717, 1.165) is 36.1 Å². The van der Waals surface area contributed by atoms with Crippen molar-refractivity contribution in [3.63, 3.8) is 0 Å². The molecule has 1 aromatic rings. The summed E-state index contributed by atoms with van der Waals surface area (Å²) in [6.45, 7) is 5.82. The molecule has 0 atom stereocenters. The van der Waals surface area contributed by atoms with Gasteiger partial charge < -0.3 is 5.73 Å². The van der Waals surface area contributed by atoms with Crippen LogP contribution in [0.5, 0.6) is 0 Å². The Morgan fingerprint density at radius 1 is 1.38 bits per heavy atom. The molecule has 0 aliphatic heterocycles. The molecule has 74 valence electrons. The van der Waals surface area contributed by atoms with Gasteiger partial charge in [-0.3, -0.25) is 4.68 Å². The van der Waals surface area contributed by atoms with E-state index in [-0.39, 0.29) is 0 Å². The van der Waals surface area contributed by atoms with Crippen LogP contribution in [0.3, 0.4) is 0 Å². The number of aryl methyl sites for hydroxylation is 2. The van der Waals surface area contributed by atoms with Gasteiger partial charge in [0.05, 0.1) is 10.2 Å². The Hall–Kier alpha value is -0.350. The SMILES string of the molecule is Cc1nn(CCCCN)c(C)c1Br. The van der Waals surface area contributed by atoms with Crippen molar-refractivity contribution in [3.05, 3.63) is 15.9 Å². The Bertz CT molecular complexity index is 281. The zero-order valence-electron chi connectivity index (χ0n) is 8.18. The van der Waals surface area contributed by atoms with Crippen LogP contribution >= 0.6 is 15.9 Å². The Morgan fingerprint density at radius 3 is 2.54 bits per heavy atom. The molecule has 1 heterocycles. The van der Waals surface area contributed by atoms with Gasteiger partial charge in [-0.25, -0.2) is 0 Å². The van der Waals surface area contributed by atoms with E-state index in [2.05, 4.69) is 28.0 Å². The van der Waals surface area contributed by atoms with Gasteiger partial charge in [-0.05, 0) is 49.2 Å². The molecular formula is C9H16BrN3. The van der Waals surface area contributed by atoms with Gasteiger partial charge >= 0.3 is 0 Å². The number of hydrogen-bond donors (Lipinski definition) is 1. The molecule has 0 radical (unpaired) electrons. The largest absolute Gasteiger partial charge is 0.330 e. The lowest BCUT2D eigenvalue weighted by Gasteiger charge is -2.02. The van der Waals surface area contributed by atoms with Crippen molar-refractivity contribution in [3.8, 4) is 0 Å². The molecular weight excluding hydrogens is 230 g/mol. The summed E-state index contributed by atoms with van der Waals surface area (Å²) in [4.78, 5) is 0. The molecule has 0 aliphatic carbocycles. The molecule has 2 N–H and O–H groups in total. The Kier molecular flexibility index (Phi) is 3.93. The van der Waals surface area contributed by atoms with Crippen molar-refractivity contribution < 1.29 is 0 Å². The molecule has 0 amide bonds. The third kappa shape index (κ3) is 2.54. The van der Waals surface area contributed by atoms with E-state index in [9.17, 15) is 0 Å². The second-order valence-corrected chi connectivity index (χ2v) is 4.00. The summed E-state index contributed by atoms with van der Waals surface area (Å²) in [6.07, 6.45) is 2.17. The standard InChI is InChI=1S/C9H16BrN3/c1-7-9(10)8(2)13(12-7)6-4-3-5-11/h3-6,11H2,1-2H3. The lowest BCUT2D eigenvalue weighted by molar-refractivity contribution is 0.547. The third-order valence-corrected chi connectivity index (χ3v) is 3.26. The molecule has 0 saturated carbocycles.